The van der Waals surface area contributed by atoms with E-state index in [9.17, 15) is 18.5 Å². The number of carboxylic acid groups (broad SMARTS) is 1. The van der Waals surface area contributed by atoms with E-state index < -0.39 is 48.3 Å². The van der Waals surface area contributed by atoms with Crippen molar-refractivity contribution in [1.29, 1.82) is 0 Å². The zero-order valence-electron chi connectivity index (χ0n) is 14.3. The van der Waals surface area contributed by atoms with Crippen molar-refractivity contribution >= 4 is 31.4 Å². The van der Waals surface area contributed by atoms with Gasteiger partial charge in [-0.3, -0.25) is 22.9 Å². The van der Waals surface area contributed by atoms with Crippen molar-refractivity contribution in [2.75, 3.05) is 18.9 Å². The number of phosphoric ester groups is 1. The highest BCUT2D eigenvalue weighted by Gasteiger charge is 2.54. The first-order valence-electron chi connectivity index (χ1n) is 8.15. The van der Waals surface area contributed by atoms with E-state index in [1.807, 2.05) is 0 Å². The summed E-state index contributed by atoms with van der Waals surface area (Å²) in [6.07, 6.45) is -1.30. The molecule has 150 valence electrons. The molecule has 2 fully saturated rings. The van der Waals surface area contributed by atoms with E-state index in [1.165, 1.54) is 19.2 Å². The third kappa shape index (κ3) is 4.35. The summed E-state index contributed by atoms with van der Waals surface area (Å²) in [6, 6.07) is 1.38. The molecule has 1 aromatic heterocycles. The number of halogens is 1. The van der Waals surface area contributed by atoms with Gasteiger partial charge in [-0.2, -0.15) is 4.98 Å². The lowest BCUT2D eigenvalue weighted by Gasteiger charge is -2.31. The number of carbonyl (C=O) groups is 1. The molecule has 13 heteroatoms. The van der Waals surface area contributed by atoms with E-state index in [0.29, 0.717) is 0 Å². The van der Waals surface area contributed by atoms with Crippen molar-refractivity contribution in [3.8, 4) is 0 Å². The van der Waals surface area contributed by atoms with Crippen LogP contribution in [0.4, 0.5) is 10.2 Å². The van der Waals surface area contributed by atoms with Gasteiger partial charge in [-0.1, -0.05) is 6.92 Å². The molecular formula is C14H19FN3O7PS. The highest BCUT2D eigenvalue weighted by molar-refractivity contribution is 8.00. The van der Waals surface area contributed by atoms with Gasteiger partial charge in [0, 0.05) is 6.20 Å². The molecule has 0 bridgehead atoms. The van der Waals surface area contributed by atoms with Crippen LogP contribution in [0.25, 0.3) is 0 Å². The lowest BCUT2D eigenvalue weighted by molar-refractivity contribution is -0.141. The Bertz CT molecular complexity index is 824. The van der Waals surface area contributed by atoms with E-state index in [2.05, 4.69) is 4.98 Å². The Labute approximate surface area is 157 Å². The Morgan fingerprint density at radius 1 is 1.67 bits per heavy atom. The molecular weight excluding hydrogens is 404 g/mol. The fraction of sp³-hybridized carbons (Fsp3) is 0.643. The first-order valence-corrected chi connectivity index (χ1v) is 10.5. The number of nitrogen functional groups attached to an aromatic ring is 1. The average molecular weight is 423 g/mol. The summed E-state index contributed by atoms with van der Waals surface area (Å²) in [6.45, 7) is 1.22. The molecule has 6 atom stereocenters. The molecule has 3 N–H and O–H groups in total. The smallest absolute Gasteiger partial charge is 0.475 e. The van der Waals surface area contributed by atoms with Crippen LogP contribution in [-0.4, -0.2) is 51.4 Å². The molecule has 3 heterocycles. The first kappa shape index (κ1) is 20.3. The van der Waals surface area contributed by atoms with Gasteiger partial charge in [0.1, 0.15) is 17.3 Å². The molecule has 0 amide bonds. The minimum Gasteiger partial charge on any atom is -0.481 e. The normalized spacial score (nSPS) is 34.1. The number of carboxylic acids is 1. The number of nitrogens with two attached hydrogens (primary N) is 1. The third-order valence-corrected chi connectivity index (χ3v) is 7.25. The number of hydrogen-bond acceptors (Lipinski definition) is 9. The minimum absolute atomic E-state index is 0.0279. The zero-order valence-corrected chi connectivity index (χ0v) is 16.0. The highest BCUT2D eigenvalue weighted by Crippen LogP contribution is 2.60. The minimum atomic E-state index is -4.01. The lowest BCUT2D eigenvalue weighted by atomic mass is 10.1. The maximum absolute atomic E-state index is 14.9. The van der Waals surface area contributed by atoms with Gasteiger partial charge in [0.05, 0.1) is 24.4 Å². The number of hydrogen-bond donors (Lipinski definition) is 2. The SMILES string of the molecule is C[C@H](CCOP1(=O)OC[C@H]2S[C@@H](n3ccc(N)nc3=O)[C@@H](F)[C@@H]2O1)C(=O)O. The van der Waals surface area contributed by atoms with Crippen molar-refractivity contribution in [3.63, 3.8) is 0 Å². The Balaban J connectivity index is 1.66. The van der Waals surface area contributed by atoms with Crippen LogP contribution in [0, 0.1) is 5.92 Å². The largest absolute Gasteiger partial charge is 0.481 e. The van der Waals surface area contributed by atoms with Crippen molar-refractivity contribution in [3.05, 3.63) is 22.7 Å². The van der Waals surface area contributed by atoms with Gasteiger partial charge >= 0.3 is 19.5 Å². The van der Waals surface area contributed by atoms with Crippen LogP contribution in [0.5, 0.6) is 0 Å². The first-order chi connectivity index (χ1) is 12.7. The third-order valence-electron chi connectivity index (χ3n) is 4.26. The Morgan fingerprint density at radius 2 is 2.41 bits per heavy atom. The monoisotopic (exact) mass is 423 g/mol. The van der Waals surface area contributed by atoms with Gasteiger partial charge in [-0.15, -0.1) is 11.8 Å². The van der Waals surface area contributed by atoms with Crippen molar-refractivity contribution in [1.82, 2.24) is 9.55 Å². The standard InChI is InChI=1S/C14H19FN3O7PS/c1-7(13(19)20)3-5-23-26(22)24-6-8-11(25-26)10(15)12(27-8)18-4-2-9(16)17-14(18)21/h2,4,7-8,10-12H,3,5-6H2,1H3,(H,19,20)(H2,16,17,21)/t7-,8-,10+,11-,12-,26?/m1/s1. The van der Waals surface area contributed by atoms with E-state index >= 15 is 0 Å². The molecule has 0 saturated carbocycles. The fourth-order valence-corrected chi connectivity index (χ4v) is 5.75. The van der Waals surface area contributed by atoms with Crippen LogP contribution in [0.2, 0.25) is 0 Å². The zero-order chi connectivity index (χ0) is 19.8. The van der Waals surface area contributed by atoms with E-state index in [-0.39, 0.29) is 25.5 Å². The predicted octanol–water partition coefficient (Wildman–Crippen LogP) is 1.43. The number of anilines is 1. The number of nitrogens with zero attached hydrogens (tertiary/aromatic N) is 2. The summed E-state index contributed by atoms with van der Waals surface area (Å²) in [7, 11) is -4.01. The van der Waals surface area contributed by atoms with E-state index in [1.54, 1.807) is 0 Å². The summed E-state index contributed by atoms with van der Waals surface area (Å²) in [4.78, 5) is 26.3. The molecule has 2 aliphatic heterocycles. The molecule has 2 aliphatic rings. The molecule has 2 saturated heterocycles. The van der Waals surface area contributed by atoms with Gasteiger partial charge < -0.3 is 10.8 Å². The molecule has 27 heavy (non-hydrogen) atoms. The van der Waals surface area contributed by atoms with E-state index in [0.717, 1.165) is 16.3 Å². The molecule has 0 aliphatic carbocycles. The van der Waals surface area contributed by atoms with Gasteiger partial charge in [0.15, 0.2) is 6.17 Å². The second kappa shape index (κ2) is 7.88. The second-order valence-corrected chi connectivity index (χ2v) is 9.21. The summed E-state index contributed by atoms with van der Waals surface area (Å²) in [5.74, 6) is -1.68. The maximum atomic E-state index is 14.9. The van der Waals surface area contributed by atoms with Gasteiger partial charge in [0.25, 0.3) is 0 Å². The Kier molecular flexibility index (Phi) is 5.92. The summed E-state index contributed by atoms with van der Waals surface area (Å²) in [5.41, 5.74) is 4.74. The van der Waals surface area contributed by atoms with Crippen molar-refractivity contribution in [2.45, 2.75) is 36.2 Å². The molecule has 10 nitrogen and oxygen atoms in total. The van der Waals surface area contributed by atoms with Gasteiger partial charge in [0.2, 0.25) is 0 Å². The number of phosphoric acid groups is 1. The van der Waals surface area contributed by atoms with Crippen LogP contribution < -0.4 is 11.4 Å². The molecule has 0 aromatic carbocycles. The Morgan fingerprint density at radius 3 is 3.07 bits per heavy atom. The Hall–Kier alpha value is -1.46. The fourth-order valence-electron chi connectivity index (χ4n) is 2.67. The second-order valence-electron chi connectivity index (χ2n) is 6.23. The average Bonchev–Trinajstić information content (AvgIpc) is 2.91. The van der Waals surface area contributed by atoms with Crippen LogP contribution in [0.1, 0.15) is 18.7 Å². The molecule has 1 aromatic rings. The van der Waals surface area contributed by atoms with Crippen molar-refractivity contribution in [2.24, 2.45) is 5.92 Å². The number of rotatable bonds is 6. The summed E-state index contributed by atoms with van der Waals surface area (Å²) >= 11 is 1.11. The maximum Gasteiger partial charge on any atom is 0.475 e. The highest BCUT2D eigenvalue weighted by atomic mass is 32.2. The van der Waals surface area contributed by atoms with E-state index in [4.69, 9.17) is 24.4 Å². The topological polar surface area (TPSA) is 143 Å². The number of fused-ring (bicyclic) bond motifs is 1. The molecule has 0 radical (unpaired) electrons. The molecule has 1 unspecified atom stereocenters. The number of thioether (sulfide) groups is 1. The molecule has 0 spiro atoms. The lowest BCUT2D eigenvalue weighted by Crippen LogP contribution is -2.38. The molecule has 3 rings (SSSR count). The number of aromatic nitrogens is 2. The van der Waals surface area contributed by atoms with Crippen molar-refractivity contribution < 1.29 is 32.4 Å². The van der Waals surface area contributed by atoms with Crippen LogP contribution in [-0.2, 0) is 22.9 Å². The summed E-state index contributed by atoms with van der Waals surface area (Å²) in [5, 5.41) is 7.42. The van der Waals surface area contributed by atoms with Gasteiger partial charge in [-0.25, -0.2) is 13.8 Å². The van der Waals surface area contributed by atoms with Crippen LogP contribution in [0.15, 0.2) is 17.1 Å². The number of alkyl halides is 1. The summed E-state index contributed by atoms with van der Waals surface area (Å²) < 4.78 is 44.1. The predicted molar refractivity (Wildman–Crippen MR) is 94.0 cm³/mol. The van der Waals surface area contributed by atoms with Gasteiger partial charge in [-0.05, 0) is 12.5 Å². The van der Waals surface area contributed by atoms with Crippen LogP contribution >= 0.6 is 19.6 Å². The number of aliphatic carboxylic acids is 1. The quantitative estimate of drug-likeness (QED) is 0.645. The van der Waals surface area contributed by atoms with Crippen LogP contribution in [0.3, 0.4) is 0 Å².